The molecule has 2 aromatic carbocycles. The van der Waals surface area contributed by atoms with Gasteiger partial charge in [-0.1, -0.05) is 35.4 Å². The van der Waals surface area contributed by atoms with Gasteiger partial charge in [-0.25, -0.2) is 0 Å². The van der Waals surface area contributed by atoms with E-state index in [0.717, 1.165) is 28.1 Å². The van der Waals surface area contributed by atoms with Crippen molar-refractivity contribution in [2.24, 2.45) is 0 Å². The number of rotatable bonds is 3. The van der Waals surface area contributed by atoms with Crippen molar-refractivity contribution >= 4 is 23.2 Å². The summed E-state index contributed by atoms with van der Waals surface area (Å²) in [6.07, 6.45) is 1.75. The number of hydrogen-bond donors (Lipinski definition) is 1. The third-order valence-corrected chi connectivity index (χ3v) is 4.46. The number of nitrogens with zero attached hydrogens (tertiary/aromatic N) is 2. The molecule has 0 aliphatic carbocycles. The first kappa shape index (κ1) is 15.7. The van der Waals surface area contributed by atoms with Crippen LogP contribution in [0.2, 0.25) is 5.02 Å². The molecule has 6 heteroatoms. The molecule has 4 rings (SSSR count). The molecular formula is C19H16ClN3O2. The molecule has 0 atom stereocenters. The fourth-order valence-electron chi connectivity index (χ4n) is 2.96. The molecule has 3 aromatic rings. The summed E-state index contributed by atoms with van der Waals surface area (Å²) >= 11 is 6.10. The summed E-state index contributed by atoms with van der Waals surface area (Å²) < 4.78 is 7.47. The van der Waals surface area contributed by atoms with Crippen LogP contribution < -0.4 is 10.1 Å². The SMILES string of the molecule is Cc1ccc2c(c1)-c1c(cnn1CC(=O)Nc1ccccc1Cl)CO2. The first-order valence-electron chi connectivity index (χ1n) is 7.95. The zero-order valence-corrected chi connectivity index (χ0v) is 14.4. The molecule has 1 aliphatic rings. The minimum atomic E-state index is -0.181. The second-order valence-electron chi connectivity index (χ2n) is 5.99. The maximum absolute atomic E-state index is 12.4. The standard InChI is InChI=1S/C19H16ClN3O2/c1-12-6-7-17-14(8-12)19-13(11-25-17)9-21-23(19)10-18(24)22-16-5-3-2-4-15(16)20/h2-9H,10-11H2,1H3,(H,22,24). The molecule has 0 bridgehead atoms. The van der Waals surface area contributed by atoms with Gasteiger partial charge in [0.15, 0.2) is 0 Å². The number of anilines is 1. The van der Waals surface area contributed by atoms with Gasteiger partial charge in [-0.05, 0) is 31.2 Å². The number of para-hydroxylation sites is 1. The molecule has 1 N–H and O–H groups in total. The van der Waals surface area contributed by atoms with Crippen LogP contribution in [0.1, 0.15) is 11.1 Å². The highest BCUT2D eigenvalue weighted by Gasteiger charge is 2.23. The Morgan fingerprint density at radius 1 is 1.32 bits per heavy atom. The van der Waals surface area contributed by atoms with Crippen molar-refractivity contribution in [3.05, 3.63) is 64.8 Å². The number of carbonyl (C=O) groups excluding carboxylic acids is 1. The van der Waals surface area contributed by atoms with Crippen molar-refractivity contribution in [2.75, 3.05) is 5.32 Å². The summed E-state index contributed by atoms with van der Waals surface area (Å²) in [5.41, 5.74) is 4.59. The normalized spacial score (nSPS) is 12.1. The lowest BCUT2D eigenvalue weighted by atomic mass is 10.0. The number of carbonyl (C=O) groups is 1. The second-order valence-corrected chi connectivity index (χ2v) is 6.40. The molecular weight excluding hydrogens is 338 g/mol. The first-order valence-corrected chi connectivity index (χ1v) is 8.32. The van der Waals surface area contributed by atoms with Crippen LogP contribution in [0, 0.1) is 6.92 Å². The summed E-state index contributed by atoms with van der Waals surface area (Å²) in [6.45, 7) is 2.59. The molecule has 0 spiro atoms. The molecule has 0 saturated heterocycles. The van der Waals surface area contributed by atoms with Gasteiger partial charge in [0.2, 0.25) is 5.91 Å². The Balaban J connectivity index is 1.62. The van der Waals surface area contributed by atoms with E-state index in [0.29, 0.717) is 17.3 Å². The Labute approximate surface area is 150 Å². The molecule has 1 aliphatic heterocycles. The third-order valence-electron chi connectivity index (χ3n) is 4.13. The quantitative estimate of drug-likeness (QED) is 0.773. The Kier molecular flexibility index (Phi) is 3.93. The largest absolute Gasteiger partial charge is 0.488 e. The van der Waals surface area contributed by atoms with Crippen LogP contribution in [-0.2, 0) is 17.9 Å². The molecule has 25 heavy (non-hydrogen) atoms. The molecule has 0 radical (unpaired) electrons. The van der Waals surface area contributed by atoms with Gasteiger partial charge in [0, 0.05) is 11.1 Å². The van der Waals surface area contributed by atoms with Crippen molar-refractivity contribution in [1.82, 2.24) is 9.78 Å². The zero-order valence-electron chi connectivity index (χ0n) is 13.6. The smallest absolute Gasteiger partial charge is 0.246 e. The van der Waals surface area contributed by atoms with Gasteiger partial charge in [-0.15, -0.1) is 0 Å². The van der Waals surface area contributed by atoms with E-state index in [1.807, 2.05) is 31.2 Å². The topological polar surface area (TPSA) is 56.2 Å². The van der Waals surface area contributed by atoms with Gasteiger partial charge in [0.25, 0.3) is 0 Å². The van der Waals surface area contributed by atoms with Gasteiger partial charge in [-0.2, -0.15) is 5.10 Å². The molecule has 5 nitrogen and oxygen atoms in total. The van der Waals surface area contributed by atoms with Crippen molar-refractivity contribution in [3.8, 4) is 17.0 Å². The van der Waals surface area contributed by atoms with E-state index in [2.05, 4.69) is 16.5 Å². The lowest BCUT2D eigenvalue weighted by Crippen LogP contribution is -2.21. The lowest BCUT2D eigenvalue weighted by Gasteiger charge is -2.19. The van der Waals surface area contributed by atoms with Crippen LogP contribution in [0.4, 0.5) is 5.69 Å². The molecule has 0 unspecified atom stereocenters. The van der Waals surface area contributed by atoms with Crippen LogP contribution >= 0.6 is 11.6 Å². The number of hydrogen-bond acceptors (Lipinski definition) is 3. The molecule has 1 aromatic heterocycles. The van der Waals surface area contributed by atoms with Gasteiger partial charge in [-0.3, -0.25) is 9.48 Å². The lowest BCUT2D eigenvalue weighted by molar-refractivity contribution is -0.116. The Morgan fingerprint density at radius 3 is 3.00 bits per heavy atom. The Morgan fingerprint density at radius 2 is 2.16 bits per heavy atom. The van der Waals surface area contributed by atoms with Crippen molar-refractivity contribution in [3.63, 3.8) is 0 Å². The highest BCUT2D eigenvalue weighted by molar-refractivity contribution is 6.33. The Bertz CT molecular complexity index is 965. The summed E-state index contributed by atoms with van der Waals surface area (Å²) in [7, 11) is 0. The fourth-order valence-corrected chi connectivity index (χ4v) is 3.14. The van der Waals surface area contributed by atoms with Crippen LogP contribution in [-0.4, -0.2) is 15.7 Å². The van der Waals surface area contributed by atoms with Crippen LogP contribution in [0.5, 0.6) is 5.75 Å². The van der Waals surface area contributed by atoms with Gasteiger partial charge < -0.3 is 10.1 Å². The molecule has 0 saturated carbocycles. The van der Waals surface area contributed by atoms with Crippen molar-refractivity contribution in [1.29, 1.82) is 0 Å². The van der Waals surface area contributed by atoms with Gasteiger partial charge >= 0.3 is 0 Å². The molecule has 0 fully saturated rings. The maximum atomic E-state index is 12.4. The van der Waals surface area contributed by atoms with E-state index in [-0.39, 0.29) is 12.5 Å². The average molecular weight is 354 g/mol. The monoisotopic (exact) mass is 353 g/mol. The third kappa shape index (κ3) is 2.98. The van der Waals surface area contributed by atoms with Gasteiger partial charge in [0.05, 0.1) is 22.6 Å². The molecule has 2 heterocycles. The number of fused-ring (bicyclic) bond motifs is 3. The zero-order chi connectivity index (χ0) is 17.4. The highest BCUT2D eigenvalue weighted by atomic mass is 35.5. The Hall–Kier alpha value is -2.79. The number of benzene rings is 2. The maximum Gasteiger partial charge on any atom is 0.246 e. The van der Waals surface area contributed by atoms with E-state index >= 15 is 0 Å². The first-order chi connectivity index (χ1) is 12.1. The van der Waals surface area contributed by atoms with E-state index in [9.17, 15) is 4.79 Å². The van der Waals surface area contributed by atoms with Crippen LogP contribution in [0.15, 0.2) is 48.7 Å². The van der Waals surface area contributed by atoms with E-state index < -0.39 is 0 Å². The molecule has 1 amide bonds. The summed E-state index contributed by atoms with van der Waals surface area (Å²) in [5.74, 6) is 0.631. The fraction of sp³-hybridized carbons (Fsp3) is 0.158. The predicted molar refractivity (Wildman–Crippen MR) is 96.8 cm³/mol. The minimum absolute atomic E-state index is 0.105. The summed E-state index contributed by atoms with van der Waals surface area (Å²) in [4.78, 5) is 12.4. The highest BCUT2D eigenvalue weighted by Crippen LogP contribution is 2.37. The summed E-state index contributed by atoms with van der Waals surface area (Å²) in [6, 6.07) is 13.2. The summed E-state index contributed by atoms with van der Waals surface area (Å²) in [5, 5.41) is 7.71. The van der Waals surface area contributed by atoms with Gasteiger partial charge in [0.1, 0.15) is 18.9 Å². The number of nitrogens with one attached hydrogen (secondary N) is 1. The second kappa shape index (κ2) is 6.26. The number of halogens is 1. The number of amides is 1. The van der Waals surface area contributed by atoms with E-state index in [1.54, 1.807) is 23.0 Å². The molecule has 126 valence electrons. The van der Waals surface area contributed by atoms with E-state index in [1.165, 1.54) is 0 Å². The minimum Gasteiger partial charge on any atom is -0.488 e. The van der Waals surface area contributed by atoms with Crippen molar-refractivity contribution < 1.29 is 9.53 Å². The number of aryl methyl sites for hydroxylation is 1. The van der Waals surface area contributed by atoms with Crippen LogP contribution in [0.3, 0.4) is 0 Å². The number of ether oxygens (including phenoxy) is 1. The predicted octanol–water partition coefficient (Wildman–Crippen LogP) is 4.04. The van der Waals surface area contributed by atoms with E-state index in [4.69, 9.17) is 16.3 Å². The van der Waals surface area contributed by atoms with Crippen LogP contribution in [0.25, 0.3) is 11.3 Å². The van der Waals surface area contributed by atoms with Crippen molar-refractivity contribution in [2.45, 2.75) is 20.1 Å². The number of aromatic nitrogens is 2. The average Bonchev–Trinajstić information content (AvgIpc) is 3.00.